The number of nitriles is 1. The molecule has 0 spiro atoms. The zero-order valence-electron chi connectivity index (χ0n) is 11.8. The van der Waals surface area contributed by atoms with E-state index in [4.69, 9.17) is 14.4 Å². The molecule has 5 nitrogen and oxygen atoms in total. The monoisotopic (exact) mass is 276 g/mol. The maximum Gasteiger partial charge on any atom is 0.313 e. The van der Waals surface area contributed by atoms with Crippen molar-refractivity contribution in [2.24, 2.45) is 5.41 Å². The van der Waals surface area contributed by atoms with Crippen LogP contribution in [0.3, 0.4) is 0 Å². The van der Waals surface area contributed by atoms with Gasteiger partial charge in [0.05, 0.1) is 19.1 Å². The van der Waals surface area contributed by atoms with Crippen molar-refractivity contribution in [3.8, 4) is 6.07 Å². The van der Waals surface area contributed by atoms with Crippen LogP contribution in [0.25, 0.3) is 0 Å². The Bertz CT molecular complexity index is 495. The molecule has 0 aliphatic heterocycles. The molecular formula is C15H20N2O3. The number of furan rings is 1. The summed E-state index contributed by atoms with van der Waals surface area (Å²) in [5.41, 5.74) is -0.405. The Kier molecular flexibility index (Phi) is 4.80. The van der Waals surface area contributed by atoms with Gasteiger partial charge in [-0.05, 0) is 25.0 Å². The van der Waals surface area contributed by atoms with Gasteiger partial charge in [-0.3, -0.25) is 4.79 Å². The van der Waals surface area contributed by atoms with Gasteiger partial charge in [-0.2, -0.15) is 5.26 Å². The van der Waals surface area contributed by atoms with E-state index in [-0.39, 0.29) is 5.97 Å². The first kappa shape index (κ1) is 14.6. The van der Waals surface area contributed by atoms with E-state index in [9.17, 15) is 4.79 Å². The van der Waals surface area contributed by atoms with Gasteiger partial charge >= 0.3 is 5.97 Å². The molecule has 1 aromatic heterocycles. The molecule has 0 aromatic carbocycles. The van der Waals surface area contributed by atoms with Crippen molar-refractivity contribution in [2.75, 3.05) is 13.7 Å². The Morgan fingerprint density at radius 2 is 2.20 bits per heavy atom. The van der Waals surface area contributed by atoms with Crippen LogP contribution in [0.4, 0.5) is 0 Å². The molecule has 1 aliphatic carbocycles. The summed E-state index contributed by atoms with van der Waals surface area (Å²) < 4.78 is 10.3. The van der Waals surface area contributed by atoms with Gasteiger partial charge < -0.3 is 14.5 Å². The highest BCUT2D eigenvalue weighted by Crippen LogP contribution is 2.36. The second-order valence-corrected chi connectivity index (χ2v) is 5.31. The zero-order chi connectivity index (χ0) is 14.4. The van der Waals surface area contributed by atoms with Crippen LogP contribution in [0.2, 0.25) is 0 Å². The fraction of sp³-hybridized carbons (Fsp3) is 0.600. The van der Waals surface area contributed by atoms with E-state index in [0.717, 1.165) is 25.7 Å². The first-order valence-electron chi connectivity index (χ1n) is 6.98. The molecule has 1 aromatic rings. The summed E-state index contributed by atoms with van der Waals surface area (Å²) in [6.07, 6.45) is 5.05. The van der Waals surface area contributed by atoms with E-state index in [1.54, 1.807) is 12.1 Å². The van der Waals surface area contributed by atoms with Crippen LogP contribution < -0.4 is 5.32 Å². The number of nitrogens with one attached hydrogen (secondary N) is 1. The van der Waals surface area contributed by atoms with Crippen LogP contribution in [0, 0.1) is 16.7 Å². The maximum absolute atomic E-state index is 12.1. The number of esters is 1. The molecule has 0 radical (unpaired) electrons. The summed E-state index contributed by atoms with van der Waals surface area (Å²) in [5, 5.41) is 12.0. The number of hydrogen-bond donors (Lipinski definition) is 1. The van der Waals surface area contributed by atoms with Crippen molar-refractivity contribution in [3.05, 3.63) is 23.7 Å². The van der Waals surface area contributed by atoms with Crippen LogP contribution in [0.15, 0.2) is 16.5 Å². The predicted molar refractivity (Wildman–Crippen MR) is 72.7 cm³/mol. The van der Waals surface area contributed by atoms with Gasteiger partial charge in [0.2, 0.25) is 5.76 Å². The van der Waals surface area contributed by atoms with Crippen molar-refractivity contribution in [2.45, 2.75) is 38.6 Å². The first-order chi connectivity index (χ1) is 9.70. The van der Waals surface area contributed by atoms with Gasteiger partial charge in [0.1, 0.15) is 11.8 Å². The fourth-order valence-corrected chi connectivity index (χ4v) is 2.86. The highest BCUT2D eigenvalue weighted by Gasteiger charge is 2.40. The standard InChI is InChI=1S/C15H20N2O3/c1-19-14(18)15(7-3-2-4-8-15)11-17-10-13-6-5-12(9-16)20-13/h5-6,17H,2-4,7-8,10-11H2,1H3. The third kappa shape index (κ3) is 3.20. The van der Waals surface area contributed by atoms with Crippen molar-refractivity contribution < 1.29 is 13.9 Å². The van der Waals surface area contributed by atoms with Gasteiger partial charge in [0.15, 0.2) is 0 Å². The van der Waals surface area contributed by atoms with E-state index in [1.807, 2.05) is 6.07 Å². The number of methoxy groups -OCH3 is 1. The van der Waals surface area contributed by atoms with Gasteiger partial charge in [0, 0.05) is 6.54 Å². The molecule has 1 heterocycles. The smallest absolute Gasteiger partial charge is 0.313 e. The quantitative estimate of drug-likeness (QED) is 0.835. The third-order valence-corrected chi connectivity index (χ3v) is 3.96. The molecule has 1 fully saturated rings. The Morgan fingerprint density at radius 1 is 1.45 bits per heavy atom. The fourth-order valence-electron chi connectivity index (χ4n) is 2.86. The van der Waals surface area contributed by atoms with E-state index < -0.39 is 5.41 Å². The highest BCUT2D eigenvalue weighted by atomic mass is 16.5. The van der Waals surface area contributed by atoms with Crippen molar-refractivity contribution in [3.63, 3.8) is 0 Å². The topological polar surface area (TPSA) is 75.3 Å². The third-order valence-electron chi connectivity index (χ3n) is 3.96. The summed E-state index contributed by atoms with van der Waals surface area (Å²) in [4.78, 5) is 12.1. The number of carbonyl (C=O) groups is 1. The summed E-state index contributed by atoms with van der Waals surface area (Å²) in [6.45, 7) is 1.10. The Balaban J connectivity index is 1.92. The molecule has 1 aliphatic rings. The minimum atomic E-state index is -0.405. The van der Waals surface area contributed by atoms with Crippen molar-refractivity contribution in [1.82, 2.24) is 5.32 Å². The minimum Gasteiger partial charge on any atom is -0.469 e. The van der Waals surface area contributed by atoms with Crippen molar-refractivity contribution in [1.29, 1.82) is 5.26 Å². The molecule has 1 saturated carbocycles. The number of nitrogens with zero attached hydrogens (tertiary/aromatic N) is 1. The van der Waals surface area contributed by atoms with Gasteiger partial charge in [0.25, 0.3) is 0 Å². The molecule has 0 bridgehead atoms. The molecule has 20 heavy (non-hydrogen) atoms. The molecule has 0 atom stereocenters. The molecule has 1 N–H and O–H groups in total. The zero-order valence-corrected chi connectivity index (χ0v) is 11.8. The van der Waals surface area contributed by atoms with Crippen LogP contribution in [-0.4, -0.2) is 19.6 Å². The number of ether oxygens (including phenoxy) is 1. The second kappa shape index (κ2) is 6.58. The Labute approximate surface area is 118 Å². The normalized spacial score (nSPS) is 17.4. The van der Waals surface area contributed by atoms with Crippen LogP contribution in [0.1, 0.15) is 43.6 Å². The first-order valence-corrected chi connectivity index (χ1v) is 6.98. The summed E-state index contributed by atoms with van der Waals surface area (Å²) in [5.74, 6) is 0.890. The largest absolute Gasteiger partial charge is 0.469 e. The average Bonchev–Trinajstić information content (AvgIpc) is 2.95. The summed E-state index contributed by atoms with van der Waals surface area (Å²) in [6, 6.07) is 5.37. The lowest BCUT2D eigenvalue weighted by molar-refractivity contribution is -0.154. The van der Waals surface area contributed by atoms with Crippen molar-refractivity contribution >= 4 is 5.97 Å². The van der Waals surface area contributed by atoms with Gasteiger partial charge in [-0.15, -0.1) is 0 Å². The second-order valence-electron chi connectivity index (χ2n) is 5.31. The molecular weight excluding hydrogens is 256 g/mol. The van der Waals surface area contributed by atoms with E-state index in [0.29, 0.717) is 24.6 Å². The molecule has 2 rings (SSSR count). The SMILES string of the molecule is COC(=O)C1(CNCc2ccc(C#N)o2)CCCCC1. The molecule has 108 valence electrons. The Hall–Kier alpha value is -1.80. The molecule has 0 saturated heterocycles. The number of carbonyl (C=O) groups excluding carboxylic acids is 1. The van der Waals surface area contributed by atoms with E-state index in [2.05, 4.69) is 5.32 Å². The maximum atomic E-state index is 12.1. The van der Waals surface area contributed by atoms with Gasteiger partial charge in [-0.1, -0.05) is 19.3 Å². The average molecular weight is 276 g/mol. The highest BCUT2D eigenvalue weighted by molar-refractivity contribution is 5.77. The molecule has 5 heteroatoms. The van der Waals surface area contributed by atoms with Crippen LogP contribution >= 0.6 is 0 Å². The molecule has 0 unspecified atom stereocenters. The summed E-state index contributed by atoms with van der Waals surface area (Å²) in [7, 11) is 1.45. The van der Waals surface area contributed by atoms with Gasteiger partial charge in [-0.25, -0.2) is 0 Å². The minimum absolute atomic E-state index is 0.123. The van der Waals surface area contributed by atoms with Crippen LogP contribution in [0.5, 0.6) is 0 Å². The lowest BCUT2D eigenvalue weighted by atomic mass is 9.74. The Morgan fingerprint density at radius 3 is 2.80 bits per heavy atom. The lowest BCUT2D eigenvalue weighted by Crippen LogP contribution is -2.43. The predicted octanol–water partition coefficient (Wildman–Crippen LogP) is 2.36. The molecule has 0 amide bonds. The van der Waals surface area contributed by atoms with E-state index in [1.165, 1.54) is 13.5 Å². The number of rotatable bonds is 5. The number of hydrogen-bond acceptors (Lipinski definition) is 5. The summed E-state index contributed by atoms with van der Waals surface area (Å²) >= 11 is 0. The van der Waals surface area contributed by atoms with Crippen LogP contribution in [-0.2, 0) is 16.1 Å². The van der Waals surface area contributed by atoms with E-state index >= 15 is 0 Å². The lowest BCUT2D eigenvalue weighted by Gasteiger charge is -2.34.